The van der Waals surface area contributed by atoms with Gasteiger partial charge in [-0.05, 0) is 24.3 Å². The van der Waals surface area contributed by atoms with Crippen LogP contribution >= 0.6 is 0 Å². The van der Waals surface area contributed by atoms with Gasteiger partial charge in [0.05, 0.1) is 5.57 Å². The molecular weight excluding hydrogens is 207 g/mol. The molecule has 5 heteroatoms. The maximum Gasteiger partial charge on any atom is 0.419 e. The topological polar surface area (TPSA) is 43.1 Å². The predicted molar refractivity (Wildman–Crippen MR) is 50.4 cm³/mol. The highest BCUT2D eigenvalue weighted by Gasteiger charge is 2.36. The molecule has 1 rings (SSSR count). The molecule has 0 aliphatic carbocycles. The smallest absolute Gasteiger partial charge is 0.399 e. The first kappa shape index (κ1) is 11.3. The summed E-state index contributed by atoms with van der Waals surface area (Å²) in [5.41, 5.74) is 4.25. The van der Waals surface area contributed by atoms with Gasteiger partial charge in [0.25, 0.3) is 0 Å². The Balaban J connectivity index is 2.96. The van der Waals surface area contributed by atoms with Crippen LogP contribution in [0.25, 0.3) is 0 Å². The highest BCUT2D eigenvalue weighted by atomic mass is 19.4. The molecular formula is C10H8F3NO. The second-order valence-electron chi connectivity index (χ2n) is 2.93. The molecule has 1 aromatic carbocycles. The zero-order valence-electron chi connectivity index (χ0n) is 7.64. The van der Waals surface area contributed by atoms with Gasteiger partial charge in [0.15, 0.2) is 5.78 Å². The van der Waals surface area contributed by atoms with E-state index >= 15 is 0 Å². The number of halogens is 3. The van der Waals surface area contributed by atoms with E-state index in [0.717, 1.165) is 0 Å². The molecule has 2 nitrogen and oxygen atoms in total. The molecule has 0 spiro atoms. The summed E-state index contributed by atoms with van der Waals surface area (Å²) in [5.74, 6) is -1.14. The van der Waals surface area contributed by atoms with Crippen LogP contribution in [-0.4, -0.2) is 12.0 Å². The molecule has 0 aliphatic rings. The summed E-state index contributed by atoms with van der Waals surface area (Å²) in [4.78, 5) is 11.2. The molecule has 15 heavy (non-hydrogen) atoms. The lowest BCUT2D eigenvalue weighted by molar-refractivity contribution is -0.0883. The molecule has 0 amide bonds. The Labute approximate surface area is 84.2 Å². The van der Waals surface area contributed by atoms with E-state index in [1.54, 1.807) is 0 Å². The number of nitrogens with two attached hydrogens (primary N) is 1. The van der Waals surface area contributed by atoms with E-state index in [4.69, 9.17) is 5.73 Å². The third-order valence-corrected chi connectivity index (χ3v) is 1.79. The molecule has 0 aromatic heterocycles. The fourth-order valence-corrected chi connectivity index (χ4v) is 0.937. The van der Waals surface area contributed by atoms with Gasteiger partial charge in [0.1, 0.15) is 0 Å². The Hall–Kier alpha value is -1.78. The van der Waals surface area contributed by atoms with E-state index < -0.39 is 17.5 Å². The van der Waals surface area contributed by atoms with Crippen molar-refractivity contribution in [2.45, 2.75) is 6.18 Å². The highest BCUT2D eigenvalue weighted by Crippen LogP contribution is 2.27. The molecule has 0 saturated carbocycles. The van der Waals surface area contributed by atoms with Gasteiger partial charge in [-0.3, -0.25) is 4.79 Å². The molecule has 0 radical (unpaired) electrons. The predicted octanol–water partition coefficient (Wildman–Crippen LogP) is 2.57. The second-order valence-corrected chi connectivity index (χ2v) is 2.93. The maximum atomic E-state index is 12.1. The van der Waals surface area contributed by atoms with E-state index in [0.29, 0.717) is 5.69 Å². The van der Waals surface area contributed by atoms with Crippen LogP contribution in [0.1, 0.15) is 10.4 Å². The Morgan fingerprint density at radius 2 is 1.67 bits per heavy atom. The van der Waals surface area contributed by atoms with Crippen LogP contribution < -0.4 is 5.73 Å². The second kappa shape index (κ2) is 3.76. The zero-order chi connectivity index (χ0) is 11.6. The van der Waals surface area contributed by atoms with Crippen molar-refractivity contribution >= 4 is 11.5 Å². The third-order valence-electron chi connectivity index (χ3n) is 1.79. The average Bonchev–Trinajstić information content (AvgIpc) is 2.15. The van der Waals surface area contributed by atoms with Crippen molar-refractivity contribution in [1.82, 2.24) is 0 Å². The van der Waals surface area contributed by atoms with Gasteiger partial charge in [-0.15, -0.1) is 0 Å². The van der Waals surface area contributed by atoms with Crippen molar-refractivity contribution in [3.63, 3.8) is 0 Å². The molecule has 0 unspecified atom stereocenters. The van der Waals surface area contributed by atoms with E-state index in [9.17, 15) is 18.0 Å². The number of benzene rings is 1. The molecule has 0 fully saturated rings. The largest absolute Gasteiger partial charge is 0.419 e. The van der Waals surface area contributed by atoms with Gasteiger partial charge in [0, 0.05) is 11.3 Å². The van der Waals surface area contributed by atoms with Crippen LogP contribution in [0.15, 0.2) is 36.4 Å². The summed E-state index contributed by atoms with van der Waals surface area (Å²) in [6.45, 7) is 2.72. The molecule has 0 saturated heterocycles. The van der Waals surface area contributed by atoms with E-state index in [1.165, 1.54) is 24.3 Å². The van der Waals surface area contributed by atoms with Crippen LogP contribution in [0.4, 0.5) is 18.9 Å². The number of carbonyl (C=O) groups excluding carboxylic acids is 1. The Bertz CT molecular complexity index is 392. The van der Waals surface area contributed by atoms with Crippen molar-refractivity contribution in [3.8, 4) is 0 Å². The fourth-order valence-electron chi connectivity index (χ4n) is 0.937. The molecule has 0 heterocycles. The first-order valence-corrected chi connectivity index (χ1v) is 3.98. The van der Waals surface area contributed by atoms with Crippen LogP contribution in [0.2, 0.25) is 0 Å². The van der Waals surface area contributed by atoms with Crippen molar-refractivity contribution in [3.05, 3.63) is 42.0 Å². The van der Waals surface area contributed by atoms with Crippen molar-refractivity contribution in [2.24, 2.45) is 0 Å². The molecule has 0 aliphatic heterocycles. The number of anilines is 1. The minimum absolute atomic E-state index is 0.0773. The maximum absolute atomic E-state index is 12.1. The molecule has 0 bridgehead atoms. The minimum atomic E-state index is -4.70. The van der Waals surface area contributed by atoms with Crippen LogP contribution in [0.3, 0.4) is 0 Å². The summed E-state index contributed by atoms with van der Waals surface area (Å²) in [7, 11) is 0. The molecule has 1 aromatic rings. The standard InChI is InChI=1S/C10H8F3NO/c1-6(10(11,12)13)9(15)7-2-4-8(14)5-3-7/h2-5H,1,14H2. The Morgan fingerprint density at radius 1 is 1.20 bits per heavy atom. The number of ketones is 1. The zero-order valence-corrected chi connectivity index (χ0v) is 7.64. The summed E-state index contributed by atoms with van der Waals surface area (Å²) in [6.07, 6.45) is -4.70. The van der Waals surface area contributed by atoms with E-state index in [1.807, 2.05) is 0 Å². The quantitative estimate of drug-likeness (QED) is 0.468. The lowest BCUT2D eigenvalue weighted by Gasteiger charge is -2.08. The number of hydrogen-bond acceptors (Lipinski definition) is 2. The summed E-state index contributed by atoms with van der Waals surface area (Å²) >= 11 is 0. The number of nitrogen functional groups attached to an aromatic ring is 1. The normalized spacial score (nSPS) is 11.1. The first-order valence-electron chi connectivity index (χ1n) is 3.98. The van der Waals surface area contributed by atoms with Crippen LogP contribution in [0, 0.1) is 0 Å². The number of Topliss-reactive ketones (excluding diaryl/α,β-unsaturated/α-hetero) is 1. The summed E-state index contributed by atoms with van der Waals surface area (Å²) < 4.78 is 36.4. The number of allylic oxidation sites excluding steroid dienone is 1. The summed E-state index contributed by atoms with van der Waals surface area (Å²) in [5, 5.41) is 0. The molecule has 0 atom stereocenters. The number of alkyl halides is 3. The van der Waals surface area contributed by atoms with Crippen molar-refractivity contribution in [2.75, 3.05) is 5.73 Å². The van der Waals surface area contributed by atoms with Crippen LogP contribution in [0.5, 0.6) is 0 Å². The van der Waals surface area contributed by atoms with Gasteiger partial charge in [-0.1, -0.05) is 6.58 Å². The van der Waals surface area contributed by atoms with Crippen molar-refractivity contribution < 1.29 is 18.0 Å². The van der Waals surface area contributed by atoms with Gasteiger partial charge >= 0.3 is 6.18 Å². The lowest BCUT2D eigenvalue weighted by Crippen LogP contribution is -2.19. The fraction of sp³-hybridized carbons (Fsp3) is 0.100. The number of hydrogen-bond donors (Lipinski definition) is 1. The monoisotopic (exact) mass is 215 g/mol. The number of rotatable bonds is 2. The van der Waals surface area contributed by atoms with E-state index in [-0.39, 0.29) is 5.56 Å². The van der Waals surface area contributed by atoms with Gasteiger partial charge in [-0.2, -0.15) is 13.2 Å². The SMILES string of the molecule is C=C(C(=O)c1ccc(N)cc1)C(F)(F)F. The van der Waals surface area contributed by atoms with Crippen LogP contribution in [-0.2, 0) is 0 Å². The van der Waals surface area contributed by atoms with E-state index in [2.05, 4.69) is 6.58 Å². The molecule has 2 N–H and O–H groups in total. The highest BCUT2D eigenvalue weighted by molar-refractivity contribution is 6.09. The van der Waals surface area contributed by atoms with Gasteiger partial charge in [0.2, 0.25) is 0 Å². The summed E-state index contributed by atoms with van der Waals surface area (Å²) in [6, 6.07) is 5.18. The Kier molecular flexibility index (Phi) is 2.83. The minimum Gasteiger partial charge on any atom is -0.399 e. The lowest BCUT2D eigenvalue weighted by atomic mass is 10.0. The molecule has 80 valence electrons. The van der Waals surface area contributed by atoms with Gasteiger partial charge < -0.3 is 5.73 Å². The van der Waals surface area contributed by atoms with Crippen molar-refractivity contribution in [1.29, 1.82) is 0 Å². The third kappa shape index (κ3) is 2.59. The Morgan fingerprint density at radius 3 is 2.07 bits per heavy atom. The first-order chi connectivity index (χ1) is 6.82. The average molecular weight is 215 g/mol. The van der Waals surface area contributed by atoms with Gasteiger partial charge in [-0.25, -0.2) is 0 Å². The number of carbonyl (C=O) groups is 1.